The molecule has 21 heavy (non-hydrogen) atoms. The van der Waals surface area contributed by atoms with E-state index in [-0.39, 0.29) is 24.8 Å². The third-order valence-corrected chi connectivity index (χ3v) is 4.00. The van der Waals surface area contributed by atoms with Crippen molar-refractivity contribution in [1.82, 2.24) is 10.2 Å². The number of alkyl halides is 3. The molecule has 1 heterocycles. The van der Waals surface area contributed by atoms with Crippen molar-refractivity contribution in [3.8, 4) is 0 Å². The molecule has 0 unspecified atom stereocenters. The molecule has 1 atom stereocenters. The molecular formula is C13H18BrCl2F3N2. The van der Waals surface area contributed by atoms with Crippen molar-refractivity contribution in [2.75, 3.05) is 26.2 Å². The molecule has 122 valence electrons. The maximum atomic E-state index is 12.8. The van der Waals surface area contributed by atoms with Gasteiger partial charge in [-0.25, -0.2) is 0 Å². The summed E-state index contributed by atoms with van der Waals surface area (Å²) in [5, 5.41) is 3.16. The molecule has 0 amide bonds. The lowest BCUT2D eigenvalue weighted by atomic mass is 10.0. The number of hydrogen-bond acceptors (Lipinski definition) is 2. The van der Waals surface area contributed by atoms with Gasteiger partial charge in [-0.15, -0.1) is 24.8 Å². The minimum absolute atomic E-state index is 0. The van der Waals surface area contributed by atoms with Gasteiger partial charge in [0.05, 0.1) is 6.42 Å². The van der Waals surface area contributed by atoms with E-state index in [4.69, 9.17) is 0 Å². The van der Waals surface area contributed by atoms with Gasteiger partial charge in [0.25, 0.3) is 0 Å². The van der Waals surface area contributed by atoms with E-state index in [9.17, 15) is 13.2 Å². The Kier molecular flexibility index (Phi) is 9.20. The lowest BCUT2D eigenvalue weighted by molar-refractivity contribution is -0.148. The van der Waals surface area contributed by atoms with Gasteiger partial charge in [-0.05, 0) is 11.6 Å². The van der Waals surface area contributed by atoms with Crippen LogP contribution in [0.15, 0.2) is 28.7 Å². The second-order valence-electron chi connectivity index (χ2n) is 4.64. The largest absolute Gasteiger partial charge is 0.390 e. The van der Waals surface area contributed by atoms with Gasteiger partial charge in [0, 0.05) is 36.7 Å². The van der Waals surface area contributed by atoms with E-state index in [1.807, 2.05) is 11.0 Å². The van der Waals surface area contributed by atoms with Crippen LogP contribution in [-0.2, 0) is 0 Å². The zero-order valence-corrected chi connectivity index (χ0v) is 14.4. The lowest BCUT2D eigenvalue weighted by Gasteiger charge is -2.36. The van der Waals surface area contributed by atoms with Crippen LogP contribution in [0.3, 0.4) is 0 Å². The fourth-order valence-corrected chi connectivity index (χ4v) is 2.94. The Morgan fingerprint density at radius 1 is 1.14 bits per heavy atom. The molecule has 1 saturated heterocycles. The van der Waals surface area contributed by atoms with E-state index in [1.54, 1.807) is 18.2 Å². The number of piperazine rings is 1. The molecule has 1 aromatic carbocycles. The fraction of sp³-hybridized carbons (Fsp3) is 0.538. The summed E-state index contributed by atoms with van der Waals surface area (Å²) in [6, 6.07) is 6.54. The van der Waals surface area contributed by atoms with Gasteiger partial charge in [0.1, 0.15) is 0 Å². The van der Waals surface area contributed by atoms with Gasteiger partial charge >= 0.3 is 6.18 Å². The summed E-state index contributed by atoms with van der Waals surface area (Å²) in [6.07, 6.45) is -4.97. The molecule has 0 aliphatic carbocycles. The number of halogens is 6. The van der Waals surface area contributed by atoms with Crippen molar-refractivity contribution in [2.45, 2.75) is 18.6 Å². The van der Waals surface area contributed by atoms with Crippen molar-refractivity contribution in [3.63, 3.8) is 0 Å². The van der Waals surface area contributed by atoms with Crippen LogP contribution in [0.4, 0.5) is 13.2 Å². The summed E-state index contributed by atoms with van der Waals surface area (Å²) in [7, 11) is 0. The van der Waals surface area contributed by atoms with E-state index >= 15 is 0 Å². The summed E-state index contributed by atoms with van der Waals surface area (Å²) >= 11 is 3.36. The molecule has 0 aromatic heterocycles. The first-order chi connectivity index (χ1) is 8.97. The van der Waals surface area contributed by atoms with Crippen molar-refractivity contribution < 1.29 is 13.2 Å². The number of benzene rings is 1. The van der Waals surface area contributed by atoms with Crippen LogP contribution in [-0.4, -0.2) is 37.3 Å². The van der Waals surface area contributed by atoms with Gasteiger partial charge in [-0.2, -0.15) is 13.2 Å². The third kappa shape index (κ3) is 6.32. The van der Waals surface area contributed by atoms with Crippen LogP contribution in [0, 0.1) is 0 Å². The number of nitrogens with one attached hydrogen (secondary N) is 1. The Bertz CT molecular complexity index is 426. The molecule has 0 bridgehead atoms. The molecule has 1 aliphatic heterocycles. The van der Waals surface area contributed by atoms with Crippen LogP contribution < -0.4 is 5.32 Å². The smallest absolute Gasteiger partial charge is 0.314 e. The SMILES string of the molecule is Cl.Cl.FC(F)(F)C[C@H](c1ccccc1Br)N1CCNCC1. The van der Waals surface area contributed by atoms with Crippen LogP contribution in [0.2, 0.25) is 0 Å². The third-order valence-electron chi connectivity index (χ3n) is 3.28. The summed E-state index contributed by atoms with van der Waals surface area (Å²) in [5.41, 5.74) is 0.710. The molecule has 2 nitrogen and oxygen atoms in total. The second-order valence-corrected chi connectivity index (χ2v) is 5.50. The Hall–Kier alpha value is -0.0100. The van der Waals surface area contributed by atoms with Crippen LogP contribution in [0.1, 0.15) is 18.0 Å². The minimum Gasteiger partial charge on any atom is -0.314 e. The van der Waals surface area contributed by atoms with Gasteiger partial charge < -0.3 is 5.32 Å². The van der Waals surface area contributed by atoms with E-state index in [0.29, 0.717) is 18.7 Å². The molecule has 0 spiro atoms. The first kappa shape index (κ1) is 21.0. The molecule has 0 saturated carbocycles. The predicted molar refractivity (Wildman–Crippen MR) is 86.5 cm³/mol. The molecule has 1 fully saturated rings. The van der Waals surface area contributed by atoms with Crippen molar-refractivity contribution >= 4 is 40.7 Å². The molecular weight excluding hydrogens is 392 g/mol. The fourth-order valence-electron chi connectivity index (χ4n) is 2.39. The number of nitrogens with zero attached hydrogens (tertiary/aromatic N) is 1. The van der Waals surface area contributed by atoms with Crippen LogP contribution in [0.25, 0.3) is 0 Å². The van der Waals surface area contributed by atoms with Crippen molar-refractivity contribution in [2.24, 2.45) is 0 Å². The Morgan fingerprint density at radius 2 is 1.71 bits per heavy atom. The topological polar surface area (TPSA) is 15.3 Å². The standard InChI is InChI=1S/C13H16BrF3N2.2ClH/c14-11-4-2-1-3-10(11)12(9-13(15,16)17)19-7-5-18-6-8-19;;/h1-4,12,18H,5-9H2;2*1H/t12-;;/m1../s1. The van der Waals surface area contributed by atoms with E-state index in [0.717, 1.165) is 17.6 Å². The van der Waals surface area contributed by atoms with Crippen molar-refractivity contribution in [3.05, 3.63) is 34.3 Å². The molecule has 1 N–H and O–H groups in total. The summed E-state index contributed by atoms with van der Waals surface area (Å²) in [6.45, 7) is 2.75. The van der Waals surface area contributed by atoms with E-state index < -0.39 is 18.6 Å². The number of hydrogen-bond donors (Lipinski definition) is 1. The highest BCUT2D eigenvalue weighted by Crippen LogP contribution is 2.36. The Balaban J connectivity index is 0.00000200. The minimum atomic E-state index is -4.16. The summed E-state index contributed by atoms with van der Waals surface area (Å²) < 4.78 is 39.2. The van der Waals surface area contributed by atoms with E-state index in [1.165, 1.54) is 0 Å². The van der Waals surface area contributed by atoms with Crippen molar-refractivity contribution in [1.29, 1.82) is 0 Å². The second kappa shape index (κ2) is 9.20. The summed E-state index contributed by atoms with van der Waals surface area (Å²) in [5.74, 6) is 0. The molecule has 1 aliphatic rings. The maximum Gasteiger partial charge on any atom is 0.390 e. The van der Waals surface area contributed by atoms with Crippen LogP contribution >= 0.6 is 40.7 Å². The highest BCUT2D eigenvalue weighted by Gasteiger charge is 2.36. The highest BCUT2D eigenvalue weighted by atomic mass is 79.9. The first-order valence-corrected chi connectivity index (χ1v) is 7.02. The lowest BCUT2D eigenvalue weighted by Crippen LogP contribution is -2.46. The molecule has 1 aromatic rings. The van der Waals surface area contributed by atoms with Crippen LogP contribution in [0.5, 0.6) is 0 Å². The van der Waals surface area contributed by atoms with Gasteiger partial charge in [-0.3, -0.25) is 4.90 Å². The maximum absolute atomic E-state index is 12.8. The van der Waals surface area contributed by atoms with Gasteiger partial charge in [-0.1, -0.05) is 34.1 Å². The monoisotopic (exact) mass is 408 g/mol. The Labute approximate surface area is 143 Å². The zero-order valence-electron chi connectivity index (χ0n) is 11.2. The summed E-state index contributed by atoms with van der Waals surface area (Å²) in [4.78, 5) is 1.91. The molecule has 2 rings (SSSR count). The predicted octanol–water partition coefficient (Wildman–Crippen LogP) is 4.19. The first-order valence-electron chi connectivity index (χ1n) is 6.23. The average Bonchev–Trinajstić information content (AvgIpc) is 2.37. The highest BCUT2D eigenvalue weighted by molar-refractivity contribution is 9.10. The molecule has 8 heteroatoms. The Morgan fingerprint density at radius 3 is 2.24 bits per heavy atom. The zero-order chi connectivity index (χ0) is 13.9. The quantitative estimate of drug-likeness (QED) is 0.805. The van der Waals surface area contributed by atoms with Gasteiger partial charge in [0.2, 0.25) is 0 Å². The number of rotatable bonds is 3. The average molecular weight is 410 g/mol. The van der Waals surface area contributed by atoms with E-state index in [2.05, 4.69) is 21.2 Å². The molecule has 0 radical (unpaired) electrons. The van der Waals surface area contributed by atoms with Gasteiger partial charge in [0.15, 0.2) is 0 Å². The normalized spacial score (nSPS) is 17.5.